The van der Waals surface area contributed by atoms with Crippen molar-refractivity contribution >= 4 is 17.5 Å². The summed E-state index contributed by atoms with van der Waals surface area (Å²) in [6.45, 7) is 3.61. The predicted molar refractivity (Wildman–Crippen MR) is 129 cm³/mol. The van der Waals surface area contributed by atoms with Crippen molar-refractivity contribution in [2.75, 3.05) is 6.61 Å². The number of carbonyl (C=O) groups excluding carboxylic acids is 3. The lowest BCUT2D eigenvalue weighted by Gasteiger charge is -2.58. The topological polar surface area (TPSA) is 101 Å². The molecule has 3 saturated carbocycles. The Kier molecular flexibility index (Phi) is 6.09. The molecule has 8 atom stereocenters. The summed E-state index contributed by atoms with van der Waals surface area (Å²) in [5.74, 6) is -2.06. The number of aliphatic hydroxyl groups excluding tert-OH is 2. The summed E-state index contributed by atoms with van der Waals surface area (Å²) in [7, 11) is 0. The van der Waals surface area contributed by atoms with E-state index >= 15 is 0 Å². The van der Waals surface area contributed by atoms with Gasteiger partial charge in [-0.25, -0.2) is 0 Å². The van der Waals surface area contributed by atoms with Crippen molar-refractivity contribution in [3.8, 4) is 0 Å². The Labute approximate surface area is 206 Å². The molecule has 4 aliphatic rings. The van der Waals surface area contributed by atoms with Gasteiger partial charge in [0.25, 0.3) is 0 Å². The predicted octanol–water partition coefficient (Wildman–Crippen LogP) is 3.41. The van der Waals surface area contributed by atoms with Gasteiger partial charge in [0.05, 0.1) is 12.0 Å². The summed E-state index contributed by atoms with van der Waals surface area (Å²) in [5, 5.41) is 21.3. The number of hydrogen-bond donors (Lipinski definition) is 2. The highest BCUT2D eigenvalue weighted by molar-refractivity contribution is 6.01. The molecular weight excluding hydrogens is 444 g/mol. The molecule has 4 unspecified atom stereocenters. The monoisotopic (exact) mass is 478 g/mol. The Morgan fingerprint density at radius 3 is 2.63 bits per heavy atom. The zero-order chi connectivity index (χ0) is 25.0. The van der Waals surface area contributed by atoms with Gasteiger partial charge in [-0.2, -0.15) is 0 Å². The lowest BCUT2D eigenvalue weighted by atomic mass is 9.46. The van der Waals surface area contributed by atoms with Crippen molar-refractivity contribution in [1.29, 1.82) is 0 Å². The van der Waals surface area contributed by atoms with Crippen LogP contribution in [0.25, 0.3) is 0 Å². The van der Waals surface area contributed by atoms with Gasteiger partial charge in [-0.05, 0) is 60.6 Å². The highest BCUT2D eigenvalue weighted by Gasteiger charge is 2.66. The summed E-state index contributed by atoms with van der Waals surface area (Å²) < 4.78 is 5.68. The standard InChI is InChI=1S/C29H34O6/c1-28-11-10-19(31)12-18(28)8-9-20-22-13-21(27(34)35-16-17-6-4-3-5-7-17)26(24(33)15-30)29(22,2)14-23(32)25(20)28/h3-7,10-12,20-23,25-26,30,32H,8-9,13-16H2,1-2H3/t20?,21-,22?,23?,25?,26-,28+,29+/m1/s1. The zero-order valence-corrected chi connectivity index (χ0v) is 20.4. The second-order valence-electron chi connectivity index (χ2n) is 11.3. The average Bonchev–Trinajstić information content (AvgIpc) is 3.15. The van der Waals surface area contributed by atoms with Gasteiger partial charge in [-0.15, -0.1) is 0 Å². The molecule has 35 heavy (non-hydrogen) atoms. The number of aliphatic hydroxyl groups is 2. The molecular formula is C29H34O6. The highest BCUT2D eigenvalue weighted by Crippen LogP contribution is 2.67. The molecule has 0 radical (unpaired) electrons. The van der Waals surface area contributed by atoms with Gasteiger partial charge in [0.2, 0.25) is 0 Å². The Morgan fingerprint density at radius 1 is 1.17 bits per heavy atom. The minimum absolute atomic E-state index is 0.0123. The van der Waals surface area contributed by atoms with E-state index in [9.17, 15) is 24.6 Å². The fourth-order valence-corrected chi connectivity index (χ4v) is 8.13. The van der Waals surface area contributed by atoms with Crippen molar-refractivity contribution in [1.82, 2.24) is 0 Å². The van der Waals surface area contributed by atoms with Crippen LogP contribution in [0.1, 0.15) is 45.1 Å². The lowest BCUT2D eigenvalue weighted by molar-refractivity contribution is -0.157. The van der Waals surface area contributed by atoms with Gasteiger partial charge >= 0.3 is 5.97 Å². The number of fused-ring (bicyclic) bond motifs is 5. The van der Waals surface area contributed by atoms with Crippen LogP contribution in [-0.2, 0) is 25.7 Å². The van der Waals surface area contributed by atoms with Crippen molar-refractivity contribution in [2.45, 2.75) is 52.2 Å². The first-order chi connectivity index (χ1) is 16.7. The number of Topliss-reactive ketones (excluding diaryl/α,β-unsaturated/α-hetero) is 1. The van der Waals surface area contributed by atoms with Crippen LogP contribution in [0.3, 0.4) is 0 Å². The maximum absolute atomic E-state index is 13.3. The SMILES string of the molecule is C[C@]12C=CC(=O)C=C1CCC1C2C(O)C[C@@]2(C)C1C[C@@H](C(=O)OCc1ccccc1)[C@@H]2C(=O)CO. The minimum atomic E-state index is -0.690. The highest BCUT2D eigenvalue weighted by atomic mass is 16.5. The maximum Gasteiger partial charge on any atom is 0.310 e. The van der Waals surface area contributed by atoms with Crippen LogP contribution < -0.4 is 0 Å². The first-order valence-electron chi connectivity index (χ1n) is 12.7. The first kappa shape index (κ1) is 24.1. The molecule has 6 nitrogen and oxygen atoms in total. The van der Waals surface area contributed by atoms with Crippen LogP contribution in [0.4, 0.5) is 0 Å². The van der Waals surface area contributed by atoms with Crippen LogP contribution in [0.15, 0.2) is 54.1 Å². The van der Waals surface area contributed by atoms with Gasteiger partial charge in [-0.3, -0.25) is 14.4 Å². The summed E-state index contributed by atoms with van der Waals surface area (Å²) >= 11 is 0. The molecule has 6 heteroatoms. The zero-order valence-electron chi connectivity index (χ0n) is 20.4. The number of allylic oxidation sites excluding steroid dienone is 4. The molecule has 0 aliphatic heterocycles. The summed E-state index contributed by atoms with van der Waals surface area (Å²) in [6.07, 6.45) is 7.03. The van der Waals surface area contributed by atoms with E-state index in [4.69, 9.17) is 4.74 Å². The molecule has 0 heterocycles. The van der Waals surface area contributed by atoms with Gasteiger partial charge in [0, 0.05) is 17.3 Å². The number of esters is 1. The normalized spacial score (nSPS) is 39.8. The molecule has 2 N–H and O–H groups in total. The molecule has 3 fully saturated rings. The van der Waals surface area contributed by atoms with Gasteiger partial charge in [0.1, 0.15) is 13.2 Å². The van der Waals surface area contributed by atoms with E-state index in [1.807, 2.05) is 43.3 Å². The Balaban J connectivity index is 1.45. The smallest absolute Gasteiger partial charge is 0.310 e. The van der Waals surface area contributed by atoms with Crippen LogP contribution in [0, 0.1) is 40.4 Å². The fraction of sp³-hybridized carbons (Fsp3) is 0.552. The van der Waals surface area contributed by atoms with E-state index in [2.05, 4.69) is 6.92 Å². The molecule has 0 amide bonds. The molecule has 0 saturated heterocycles. The van der Waals surface area contributed by atoms with Crippen LogP contribution >= 0.6 is 0 Å². The van der Waals surface area contributed by atoms with E-state index in [1.54, 1.807) is 12.2 Å². The molecule has 5 rings (SSSR count). The second-order valence-corrected chi connectivity index (χ2v) is 11.3. The lowest BCUT2D eigenvalue weighted by Crippen LogP contribution is -2.56. The summed E-state index contributed by atoms with van der Waals surface area (Å²) in [4.78, 5) is 38.4. The number of rotatable bonds is 5. The van der Waals surface area contributed by atoms with E-state index < -0.39 is 41.3 Å². The largest absolute Gasteiger partial charge is 0.461 e. The van der Waals surface area contributed by atoms with Crippen molar-refractivity contribution < 1.29 is 29.3 Å². The quantitative estimate of drug-likeness (QED) is 0.629. The molecule has 1 aromatic carbocycles. The molecule has 0 spiro atoms. The fourth-order valence-electron chi connectivity index (χ4n) is 8.13. The van der Waals surface area contributed by atoms with Gasteiger partial charge in [0.15, 0.2) is 11.6 Å². The number of ether oxygens (including phenoxy) is 1. The third kappa shape index (κ3) is 3.82. The van der Waals surface area contributed by atoms with Crippen LogP contribution in [0.2, 0.25) is 0 Å². The van der Waals surface area contributed by atoms with Crippen LogP contribution in [0.5, 0.6) is 0 Å². The first-order valence-corrected chi connectivity index (χ1v) is 12.7. The van der Waals surface area contributed by atoms with Crippen molar-refractivity contribution in [3.63, 3.8) is 0 Å². The Morgan fingerprint density at radius 2 is 1.91 bits per heavy atom. The van der Waals surface area contributed by atoms with E-state index in [-0.39, 0.29) is 35.9 Å². The maximum atomic E-state index is 13.3. The molecule has 4 aliphatic carbocycles. The van der Waals surface area contributed by atoms with Gasteiger partial charge < -0.3 is 14.9 Å². The van der Waals surface area contributed by atoms with Crippen molar-refractivity contribution in [2.24, 2.45) is 40.4 Å². The van der Waals surface area contributed by atoms with Crippen molar-refractivity contribution in [3.05, 3.63) is 59.7 Å². The van der Waals surface area contributed by atoms with E-state index in [0.29, 0.717) is 12.8 Å². The molecule has 0 bridgehead atoms. The third-order valence-electron chi connectivity index (χ3n) is 9.58. The number of carbonyl (C=O) groups is 3. The Hall–Kier alpha value is -2.57. The summed E-state index contributed by atoms with van der Waals surface area (Å²) in [5.41, 5.74) is 0.914. The molecule has 1 aromatic rings. The minimum Gasteiger partial charge on any atom is -0.461 e. The molecule has 0 aromatic heterocycles. The Bertz CT molecular complexity index is 1090. The number of hydrogen-bond acceptors (Lipinski definition) is 6. The average molecular weight is 479 g/mol. The number of ketones is 2. The van der Waals surface area contributed by atoms with E-state index in [0.717, 1.165) is 24.0 Å². The van der Waals surface area contributed by atoms with Crippen LogP contribution in [-0.4, -0.2) is 40.5 Å². The summed E-state index contributed by atoms with van der Waals surface area (Å²) in [6, 6.07) is 9.43. The second kappa shape index (κ2) is 8.82. The third-order valence-corrected chi connectivity index (χ3v) is 9.58. The molecule has 186 valence electrons. The number of benzene rings is 1. The van der Waals surface area contributed by atoms with Gasteiger partial charge in [-0.1, -0.05) is 55.8 Å². The van der Waals surface area contributed by atoms with E-state index in [1.165, 1.54) is 0 Å².